The predicted octanol–water partition coefficient (Wildman–Crippen LogP) is 3.16. The average Bonchev–Trinajstić information content (AvgIpc) is 3.00. The van der Waals surface area contributed by atoms with Crippen molar-refractivity contribution in [3.63, 3.8) is 0 Å². The molecule has 102 valence electrons. The number of benzene rings is 1. The lowest BCUT2D eigenvalue weighted by Crippen LogP contribution is -2.14. The quantitative estimate of drug-likeness (QED) is 0.804. The van der Waals surface area contributed by atoms with Gasteiger partial charge in [0, 0.05) is 31.4 Å². The number of aryl methyl sites for hydroxylation is 2. The molecule has 1 aliphatic heterocycles. The van der Waals surface area contributed by atoms with Crippen molar-refractivity contribution in [1.29, 1.82) is 0 Å². The molecule has 3 nitrogen and oxygen atoms in total. The van der Waals surface area contributed by atoms with Crippen molar-refractivity contribution >= 4 is 22.6 Å². The van der Waals surface area contributed by atoms with Gasteiger partial charge in [-0.2, -0.15) is 0 Å². The number of imidazole rings is 1. The van der Waals surface area contributed by atoms with E-state index in [0.717, 1.165) is 43.9 Å². The molecular weight excluding hydrogens is 260 g/mol. The summed E-state index contributed by atoms with van der Waals surface area (Å²) in [5.41, 5.74) is 3.62. The van der Waals surface area contributed by atoms with E-state index in [0.29, 0.717) is 11.8 Å². The van der Waals surface area contributed by atoms with Crippen molar-refractivity contribution in [2.45, 2.75) is 26.3 Å². The topological polar surface area (TPSA) is 27.1 Å². The molecule has 0 spiro atoms. The van der Waals surface area contributed by atoms with Gasteiger partial charge < -0.3 is 9.30 Å². The number of fused-ring (bicyclic) bond motifs is 1. The molecule has 4 heteroatoms. The number of ether oxygens (including phenoxy) is 1. The van der Waals surface area contributed by atoms with Gasteiger partial charge in [0.2, 0.25) is 0 Å². The molecule has 1 aliphatic rings. The molecule has 1 aromatic heterocycles. The normalized spacial score (nSPS) is 19.4. The van der Waals surface area contributed by atoms with Crippen LogP contribution < -0.4 is 0 Å². The van der Waals surface area contributed by atoms with Crippen LogP contribution in [0.15, 0.2) is 18.2 Å². The minimum Gasteiger partial charge on any atom is -0.381 e. The van der Waals surface area contributed by atoms with Crippen LogP contribution in [0.4, 0.5) is 0 Å². The Labute approximate surface area is 118 Å². The lowest BCUT2D eigenvalue weighted by molar-refractivity contribution is 0.182. The van der Waals surface area contributed by atoms with Crippen molar-refractivity contribution in [2.24, 2.45) is 5.92 Å². The number of rotatable bonds is 4. The van der Waals surface area contributed by atoms with Gasteiger partial charge in [0.1, 0.15) is 5.82 Å². The van der Waals surface area contributed by atoms with Crippen molar-refractivity contribution in [1.82, 2.24) is 9.55 Å². The molecule has 0 bridgehead atoms. The number of hydrogen-bond donors (Lipinski definition) is 0. The molecule has 2 heterocycles. The third-order valence-electron chi connectivity index (χ3n) is 3.83. The molecule has 3 rings (SSSR count). The Bertz CT molecular complexity index is 573. The largest absolute Gasteiger partial charge is 0.381 e. The van der Waals surface area contributed by atoms with Gasteiger partial charge in [-0.3, -0.25) is 0 Å². The zero-order valence-corrected chi connectivity index (χ0v) is 12.0. The summed E-state index contributed by atoms with van der Waals surface area (Å²) in [5.74, 6) is 2.32. The number of hydrogen-bond acceptors (Lipinski definition) is 2. The third-order valence-corrected chi connectivity index (χ3v) is 4.02. The Balaban J connectivity index is 2.04. The molecule has 0 N–H and O–H groups in total. The maximum atomic E-state index is 5.91. The summed E-state index contributed by atoms with van der Waals surface area (Å²) in [5, 5.41) is 0. The van der Waals surface area contributed by atoms with Gasteiger partial charge in [-0.15, -0.1) is 11.6 Å². The van der Waals surface area contributed by atoms with E-state index in [1.54, 1.807) is 0 Å². The summed E-state index contributed by atoms with van der Waals surface area (Å²) in [6.07, 6.45) is 1.97. The molecule has 1 saturated heterocycles. The molecule has 1 unspecified atom stereocenters. The van der Waals surface area contributed by atoms with Gasteiger partial charge in [0.05, 0.1) is 17.6 Å². The summed E-state index contributed by atoms with van der Waals surface area (Å²) < 4.78 is 7.84. The molecular formula is C15H19ClN2O. The van der Waals surface area contributed by atoms with E-state index in [4.69, 9.17) is 21.3 Å². The van der Waals surface area contributed by atoms with Crippen LogP contribution in [0.1, 0.15) is 17.8 Å². The molecule has 0 amide bonds. The van der Waals surface area contributed by atoms with E-state index in [1.165, 1.54) is 11.1 Å². The fraction of sp³-hybridized carbons (Fsp3) is 0.533. The smallest absolute Gasteiger partial charge is 0.111 e. The Hall–Kier alpha value is -1.06. The highest BCUT2D eigenvalue weighted by molar-refractivity contribution is 6.17. The van der Waals surface area contributed by atoms with Crippen LogP contribution in [0.2, 0.25) is 0 Å². The summed E-state index contributed by atoms with van der Waals surface area (Å²) in [4.78, 5) is 4.74. The van der Waals surface area contributed by atoms with Crippen molar-refractivity contribution in [3.8, 4) is 0 Å². The Morgan fingerprint density at radius 2 is 2.37 bits per heavy atom. The van der Waals surface area contributed by atoms with Gasteiger partial charge in [-0.1, -0.05) is 12.1 Å². The average molecular weight is 279 g/mol. The summed E-state index contributed by atoms with van der Waals surface area (Å²) in [6.45, 7) is 4.90. The second-order valence-electron chi connectivity index (χ2n) is 5.25. The lowest BCUT2D eigenvalue weighted by atomic mass is 10.1. The number of alkyl halides is 1. The molecule has 1 aromatic carbocycles. The number of para-hydroxylation sites is 1. The number of aromatic nitrogens is 2. The van der Waals surface area contributed by atoms with Crippen LogP contribution in [-0.4, -0.2) is 28.6 Å². The van der Waals surface area contributed by atoms with Gasteiger partial charge in [0.15, 0.2) is 0 Å². The highest BCUT2D eigenvalue weighted by Crippen LogP contribution is 2.24. The maximum absolute atomic E-state index is 5.91. The summed E-state index contributed by atoms with van der Waals surface area (Å²) in [7, 11) is 0. The van der Waals surface area contributed by atoms with E-state index in [9.17, 15) is 0 Å². The van der Waals surface area contributed by atoms with Gasteiger partial charge in [-0.25, -0.2) is 4.98 Å². The fourth-order valence-corrected chi connectivity index (χ4v) is 3.04. The first-order valence-corrected chi connectivity index (χ1v) is 7.41. The van der Waals surface area contributed by atoms with Crippen LogP contribution in [0.5, 0.6) is 0 Å². The minimum absolute atomic E-state index is 0.603. The Kier molecular flexibility index (Phi) is 3.76. The molecule has 19 heavy (non-hydrogen) atoms. The van der Waals surface area contributed by atoms with Crippen molar-refractivity contribution in [3.05, 3.63) is 29.6 Å². The summed E-state index contributed by atoms with van der Waals surface area (Å²) >= 11 is 5.91. The Morgan fingerprint density at radius 1 is 1.47 bits per heavy atom. The van der Waals surface area contributed by atoms with E-state index in [2.05, 4.69) is 29.7 Å². The Morgan fingerprint density at radius 3 is 3.11 bits per heavy atom. The van der Waals surface area contributed by atoms with E-state index < -0.39 is 0 Å². The van der Waals surface area contributed by atoms with Gasteiger partial charge in [-0.05, 0) is 25.0 Å². The van der Waals surface area contributed by atoms with E-state index in [-0.39, 0.29) is 0 Å². The zero-order chi connectivity index (χ0) is 13.2. The van der Waals surface area contributed by atoms with Crippen molar-refractivity contribution in [2.75, 3.05) is 19.1 Å². The van der Waals surface area contributed by atoms with Crippen LogP contribution in [-0.2, 0) is 17.7 Å². The predicted molar refractivity (Wildman–Crippen MR) is 77.8 cm³/mol. The second-order valence-corrected chi connectivity index (χ2v) is 5.63. The highest BCUT2D eigenvalue weighted by atomic mass is 35.5. The molecule has 2 aromatic rings. The summed E-state index contributed by atoms with van der Waals surface area (Å²) in [6, 6.07) is 6.30. The number of nitrogens with zero attached hydrogens (tertiary/aromatic N) is 2. The fourth-order valence-electron chi connectivity index (χ4n) is 2.87. The second kappa shape index (κ2) is 5.51. The minimum atomic E-state index is 0.603. The SMILES string of the molecule is Cc1cccc2nc(CCCl)n(CC3CCOC3)c12. The van der Waals surface area contributed by atoms with E-state index >= 15 is 0 Å². The van der Waals surface area contributed by atoms with Crippen LogP contribution >= 0.6 is 11.6 Å². The van der Waals surface area contributed by atoms with Crippen LogP contribution in [0.25, 0.3) is 11.0 Å². The zero-order valence-electron chi connectivity index (χ0n) is 11.2. The first-order valence-electron chi connectivity index (χ1n) is 6.88. The van der Waals surface area contributed by atoms with Crippen LogP contribution in [0.3, 0.4) is 0 Å². The van der Waals surface area contributed by atoms with Crippen LogP contribution in [0, 0.1) is 12.8 Å². The molecule has 0 aliphatic carbocycles. The first kappa shape index (κ1) is 12.9. The van der Waals surface area contributed by atoms with Gasteiger partial charge >= 0.3 is 0 Å². The van der Waals surface area contributed by atoms with Gasteiger partial charge in [0.25, 0.3) is 0 Å². The highest BCUT2D eigenvalue weighted by Gasteiger charge is 2.20. The molecule has 1 fully saturated rings. The van der Waals surface area contributed by atoms with E-state index in [1.807, 2.05) is 0 Å². The lowest BCUT2D eigenvalue weighted by Gasteiger charge is -2.13. The monoisotopic (exact) mass is 278 g/mol. The molecule has 0 radical (unpaired) electrons. The maximum Gasteiger partial charge on any atom is 0.111 e. The third kappa shape index (κ3) is 2.49. The molecule has 0 saturated carbocycles. The number of halogens is 1. The molecule has 1 atom stereocenters. The standard InChI is InChI=1S/C15H19ClN2O/c1-11-3-2-4-13-15(11)18(14(17-13)5-7-16)9-12-6-8-19-10-12/h2-4,12H,5-10H2,1H3. The van der Waals surface area contributed by atoms with Crippen molar-refractivity contribution < 1.29 is 4.74 Å². The first-order chi connectivity index (χ1) is 9.29.